The number of aryl methyl sites for hydroxylation is 1. The van der Waals surface area contributed by atoms with Crippen LogP contribution in [0, 0.1) is 6.92 Å². The summed E-state index contributed by atoms with van der Waals surface area (Å²) in [6, 6.07) is 9.67. The summed E-state index contributed by atoms with van der Waals surface area (Å²) in [5, 5.41) is 19.4. The van der Waals surface area contributed by atoms with Crippen LogP contribution in [0.15, 0.2) is 35.5 Å². The van der Waals surface area contributed by atoms with Crippen LogP contribution in [-0.4, -0.2) is 25.6 Å². The van der Waals surface area contributed by atoms with Crippen molar-refractivity contribution < 1.29 is 5.11 Å². The van der Waals surface area contributed by atoms with Crippen molar-refractivity contribution in [2.45, 2.75) is 24.6 Å². The predicted molar refractivity (Wildman–Crippen MR) is 72.5 cm³/mol. The summed E-state index contributed by atoms with van der Waals surface area (Å²) in [5.41, 5.74) is 0.0441. The van der Waals surface area contributed by atoms with Crippen LogP contribution in [0.5, 0.6) is 0 Å². The third-order valence-corrected chi connectivity index (χ3v) is 4.25. The first-order valence-corrected chi connectivity index (χ1v) is 6.76. The Labute approximate surface area is 111 Å². The largest absolute Gasteiger partial charge is 0.385 e. The highest BCUT2D eigenvalue weighted by molar-refractivity contribution is 7.99. The molecule has 0 saturated carbocycles. The van der Waals surface area contributed by atoms with Crippen molar-refractivity contribution in [1.82, 2.24) is 14.8 Å². The van der Waals surface area contributed by atoms with Gasteiger partial charge in [0, 0.05) is 12.8 Å². The second-order valence-corrected chi connectivity index (χ2v) is 5.46. The van der Waals surface area contributed by atoms with Crippen LogP contribution in [0.4, 0.5) is 0 Å². The van der Waals surface area contributed by atoms with Crippen LogP contribution in [0.3, 0.4) is 0 Å². The van der Waals surface area contributed by atoms with Crippen LogP contribution < -0.4 is 0 Å². The highest BCUT2D eigenvalue weighted by Gasteiger charge is 2.24. The normalized spacial score (nSPS) is 14.4. The fourth-order valence-corrected chi connectivity index (χ4v) is 2.60. The fraction of sp³-hybridized carbons (Fsp3) is 0.385. The van der Waals surface area contributed by atoms with E-state index in [1.807, 2.05) is 55.8 Å². The van der Waals surface area contributed by atoms with Crippen molar-refractivity contribution in [1.29, 1.82) is 0 Å². The Hall–Kier alpha value is -1.33. The molecule has 0 saturated heterocycles. The highest BCUT2D eigenvalue weighted by Crippen LogP contribution is 2.28. The van der Waals surface area contributed by atoms with Gasteiger partial charge in [0.15, 0.2) is 5.16 Å². The summed E-state index contributed by atoms with van der Waals surface area (Å²) >= 11 is 1.51. The van der Waals surface area contributed by atoms with Crippen molar-refractivity contribution >= 4 is 11.8 Å². The smallest absolute Gasteiger partial charge is 0.191 e. The minimum atomic E-state index is -0.869. The zero-order chi connectivity index (χ0) is 13.2. The molecule has 0 aliphatic rings. The lowest BCUT2D eigenvalue weighted by molar-refractivity contribution is 0.0838. The molecule has 1 heterocycles. The fourth-order valence-electron chi connectivity index (χ4n) is 1.60. The van der Waals surface area contributed by atoms with E-state index in [-0.39, 0.29) is 0 Å². The molecule has 0 bridgehead atoms. The Morgan fingerprint density at radius 2 is 1.94 bits per heavy atom. The minimum absolute atomic E-state index is 0.545. The van der Waals surface area contributed by atoms with Gasteiger partial charge in [0.05, 0.1) is 5.60 Å². The maximum absolute atomic E-state index is 10.5. The third-order valence-electron chi connectivity index (χ3n) is 2.93. The number of aromatic nitrogens is 3. The lowest BCUT2D eigenvalue weighted by Gasteiger charge is -2.22. The minimum Gasteiger partial charge on any atom is -0.385 e. The summed E-state index contributed by atoms with van der Waals surface area (Å²) in [7, 11) is 1.93. The topological polar surface area (TPSA) is 50.9 Å². The first-order chi connectivity index (χ1) is 8.50. The van der Waals surface area contributed by atoms with Crippen LogP contribution in [-0.2, 0) is 12.6 Å². The molecular formula is C13H17N3OS. The summed E-state index contributed by atoms with van der Waals surface area (Å²) in [6.07, 6.45) is 0. The molecule has 1 aromatic carbocycles. The van der Waals surface area contributed by atoms with Gasteiger partial charge < -0.3 is 9.67 Å². The third kappa shape index (κ3) is 2.73. The van der Waals surface area contributed by atoms with E-state index in [0.717, 1.165) is 16.5 Å². The van der Waals surface area contributed by atoms with E-state index in [2.05, 4.69) is 10.2 Å². The second-order valence-electron chi connectivity index (χ2n) is 4.52. The van der Waals surface area contributed by atoms with E-state index in [1.54, 1.807) is 0 Å². The first-order valence-electron chi connectivity index (χ1n) is 5.77. The number of aliphatic hydroxyl groups is 1. The molecule has 0 amide bonds. The molecule has 0 fully saturated rings. The molecule has 1 unspecified atom stereocenters. The predicted octanol–water partition coefficient (Wildman–Crippen LogP) is 2.12. The maximum atomic E-state index is 10.5. The van der Waals surface area contributed by atoms with Crippen LogP contribution in [0.1, 0.15) is 18.3 Å². The van der Waals surface area contributed by atoms with E-state index >= 15 is 0 Å². The van der Waals surface area contributed by atoms with Gasteiger partial charge in [0.1, 0.15) is 5.82 Å². The van der Waals surface area contributed by atoms with Crippen LogP contribution in [0.25, 0.3) is 0 Å². The van der Waals surface area contributed by atoms with Gasteiger partial charge in [-0.05, 0) is 19.4 Å². The second kappa shape index (κ2) is 5.12. The van der Waals surface area contributed by atoms with E-state index in [1.165, 1.54) is 11.8 Å². The Balaban J connectivity index is 2.08. The van der Waals surface area contributed by atoms with Crippen LogP contribution >= 0.6 is 11.8 Å². The first kappa shape index (κ1) is 13.1. The lowest BCUT2D eigenvalue weighted by Crippen LogP contribution is -2.24. The van der Waals surface area contributed by atoms with Crippen molar-refractivity contribution in [2.24, 2.45) is 7.05 Å². The molecule has 18 heavy (non-hydrogen) atoms. The SMILES string of the molecule is Cc1nnc(SCC(C)(O)c2ccccc2)n1C. The van der Waals surface area contributed by atoms with Gasteiger partial charge in [-0.3, -0.25) is 0 Å². The molecule has 4 nitrogen and oxygen atoms in total. The molecule has 5 heteroatoms. The summed E-state index contributed by atoms with van der Waals surface area (Å²) in [6.45, 7) is 3.73. The highest BCUT2D eigenvalue weighted by atomic mass is 32.2. The monoisotopic (exact) mass is 263 g/mol. The average molecular weight is 263 g/mol. The Bertz CT molecular complexity index is 522. The number of benzene rings is 1. The molecule has 0 radical (unpaired) electrons. The van der Waals surface area contributed by atoms with Crippen molar-refractivity contribution in [3.8, 4) is 0 Å². The number of nitrogens with zero attached hydrogens (tertiary/aromatic N) is 3. The quantitative estimate of drug-likeness (QED) is 0.859. The molecule has 2 rings (SSSR count). The summed E-state index contributed by atoms with van der Waals surface area (Å²) < 4.78 is 1.92. The standard InChI is InChI=1S/C13H17N3OS/c1-10-14-15-12(16(10)3)18-9-13(2,17)11-7-5-4-6-8-11/h4-8,17H,9H2,1-3H3. The van der Waals surface area contributed by atoms with Crippen LogP contribution in [0.2, 0.25) is 0 Å². The van der Waals surface area contributed by atoms with E-state index < -0.39 is 5.60 Å². The van der Waals surface area contributed by atoms with Gasteiger partial charge in [-0.2, -0.15) is 0 Å². The molecule has 0 aliphatic heterocycles. The van der Waals surface area contributed by atoms with E-state index in [9.17, 15) is 5.11 Å². The Morgan fingerprint density at radius 1 is 1.28 bits per heavy atom. The van der Waals surface area contributed by atoms with Gasteiger partial charge in [-0.15, -0.1) is 10.2 Å². The summed E-state index contributed by atoms with van der Waals surface area (Å²) in [4.78, 5) is 0. The van der Waals surface area contributed by atoms with Gasteiger partial charge in [0.25, 0.3) is 0 Å². The molecule has 0 aliphatic carbocycles. The molecular weight excluding hydrogens is 246 g/mol. The molecule has 1 aromatic heterocycles. The number of thioether (sulfide) groups is 1. The van der Waals surface area contributed by atoms with Gasteiger partial charge >= 0.3 is 0 Å². The number of rotatable bonds is 4. The van der Waals surface area contributed by atoms with Crippen molar-refractivity contribution in [3.63, 3.8) is 0 Å². The molecule has 2 aromatic rings. The Kier molecular flexibility index (Phi) is 3.73. The van der Waals surface area contributed by atoms with Gasteiger partial charge in [-0.1, -0.05) is 42.1 Å². The molecule has 1 N–H and O–H groups in total. The molecule has 96 valence electrons. The van der Waals surface area contributed by atoms with Gasteiger partial charge in [0.2, 0.25) is 0 Å². The maximum Gasteiger partial charge on any atom is 0.191 e. The Morgan fingerprint density at radius 3 is 2.50 bits per heavy atom. The van der Waals surface area contributed by atoms with Crippen molar-refractivity contribution in [3.05, 3.63) is 41.7 Å². The summed E-state index contributed by atoms with van der Waals surface area (Å²) in [5.74, 6) is 1.42. The van der Waals surface area contributed by atoms with Crippen molar-refractivity contribution in [2.75, 3.05) is 5.75 Å². The average Bonchev–Trinajstić information content (AvgIpc) is 2.69. The number of hydrogen-bond donors (Lipinski definition) is 1. The molecule has 1 atom stereocenters. The number of hydrogen-bond acceptors (Lipinski definition) is 4. The van der Waals surface area contributed by atoms with E-state index in [4.69, 9.17) is 0 Å². The van der Waals surface area contributed by atoms with Gasteiger partial charge in [-0.25, -0.2) is 0 Å². The lowest BCUT2D eigenvalue weighted by atomic mass is 9.99. The molecule has 0 spiro atoms. The zero-order valence-corrected chi connectivity index (χ0v) is 11.6. The zero-order valence-electron chi connectivity index (χ0n) is 10.8. The van der Waals surface area contributed by atoms with E-state index in [0.29, 0.717) is 5.75 Å².